The SMILES string of the molecule is C=CC(C)NCc1ccc(C#N)cc1F. The summed E-state index contributed by atoms with van der Waals surface area (Å²) in [5.74, 6) is -0.349. The van der Waals surface area contributed by atoms with E-state index in [1.807, 2.05) is 13.0 Å². The first kappa shape index (κ1) is 11.4. The molecule has 0 aromatic heterocycles. The van der Waals surface area contributed by atoms with Crippen molar-refractivity contribution in [3.63, 3.8) is 0 Å². The molecule has 1 rings (SSSR count). The van der Waals surface area contributed by atoms with Crippen LogP contribution < -0.4 is 5.32 Å². The first-order valence-corrected chi connectivity index (χ1v) is 4.72. The second-order valence-corrected chi connectivity index (χ2v) is 3.32. The predicted molar refractivity (Wildman–Crippen MR) is 57.6 cm³/mol. The fourth-order valence-corrected chi connectivity index (χ4v) is 1.11. The Labute approximate surface area is 89.0 Å². The minimum absolute atomic E-state index is 0.139. The summed E-state index contributed by atoms with van der Waals surface area (Å²) in [6.45, 7) is 6.00. The van der Waals surface area contributed by atoms with E-state index in [2.05, 4.69) is 11.9 Å². The smallest absolute Gasteiger partial charge is 0.129 e. The molecule has 0 heterocycles. The Bertz CT molecular complexity index is 393. The Morgan fingerprint density at radius 3 is 2.93 bits per heavy atom. The van der Waals surface area contributed by atoms with Gasteiger partial charge in [0.2, 0.25) is 0 Å². The third-order valence-electron chi connectivity index (χ3n) is 2.15. The average molecular weight is 204 g/mol. The van der Waals surface area contributed by atoms with Crippen molar-refractivity contribution in [2.24, 2.45) is 0 Å². The van der Waals surface area contributed by atoms with Crippen LogP contribution in [0.4, 0.5) is 4.39 Å². The lowest BCUT2D eigenvalue weighted by Gasteiger charge is -2.09. The summed E-state index contributed by atoms with van der Waals surface area (Å²) in [5.41, 5.74) is 0.899. The van der Waals surface area contributed by atoms with Crippen LogP contribution in [0.1, 0.15) is 18.1 Å². The zero-order valence-corrected chi connectivity index (χ0v) is 8.63. The van der Waals surface area contributed by atoms with Gasteiger partial charge in [-0.1, -0.05) is 12.1 Å². The average Bonchev–Trinajstić information content (AvgIpc) is 2.26. The lowest BCUT2D eigenvalue weighted by Crippen LogP contribution is -2.23. The van der Waals surface area contributed by atoms with Crippen molar-refractivity contribution in [3.8, 4) is 6.07 Å². The molecule has 0 spiro atoms. The number of nitriles is 1. The van der Waals surface area contributed by atoms with Crippen molar-refractivity contribution in [1.29, 1.82) is 5.26 Å². The van der Waals surface area contributed by atoms with Crippen molar-refractivity contribution in [2.45, 2.75) is 19.5 Å². The Balaban J connectivity index is 2.71. The highest BCUT2D eigenvalue weighted by Crippen LogP contribution is 2.09. The van der Waals surface area contributed by atoms with E-state index in [4.69, 9.17) is 5.26 Å². The predicted octanol–water partition coefficient (Wildman–Crippen LogP) is 2.36. The van der Waals surface area contributed by atoms with Crippen LogP contribution in [0.15, 0.2) is 30.9 Å². The van der Waals surface area contributed by atoms with E-state index < -0.39 is 0 Å². The van der Waals surface area contributed by atoms with E-state index in [1.54, 1.807) is 18.2 Å². The Kier molecular flexibility index (Phi) is 4.02. The molecule has 0 fully saturated rings. The topological polar surface area (TPSA) is 35.8 Å². The van der Waals surface area contributed by atoms with Gasteiger partial charge in [0.15, 0.2) is 0 Å². The third kappa shape index (κ3) is 3.19. The highest BCUT2D eigenvalue weighted by Gasteiger charge is 2.04. The fraction of sp³-hybridized carbons (Fsp3) is 0.250. The molecule has 0 aliphatic carbocycles. The molecule has 0 saturated carbocycles. The van der Waals surface area contributed by atoms with E-state index >= 15 is 0 Å². The number of halogens is 1. The largest absolute Gasteiger partial charge is 0.307 e. The molecule has 0 saturated heterocycles. The van der Waals surface area contributed by atoms with E-state index in [9.17, 15) is 4.39 Å². The van der Waals surface area contributed by atoms with Gasteiger partial charge in [0.05, 0.1) is 11.6 Å². The summed E-state index contributed by atoms with van der Waals surface area (Å²) in [7, 11) is 0. The van der Waals surface area contributed by atoms with Crippen molar-refractivity contribution in [2.75, 3.05) is 0 Å². The summed E-state index contributed by atoms with van der Waals surface area (Å²) >= 11 is 0. The second kappa shape index (κ2) is 5.28. The monoisotopic (exact) mass is 204 g/mol. The molecule has 1 aromatic carbocycles. The number of nitrogens with one attached hydrogen (secondary N) is 1. The van der Waals surface area contributed by atoms with Crippen LogP contribution in [-0.4, -0.2) is 6.04 Å². The molecule has 1 aromatic rings. The van der Waals surface area contributed by atoms with E-state index in [-0.39, 0.29) is 11.9 Å². The van der Waals surface area contributed by atoms with Gasteiger partial charge in [-0.05, 0) is 19.1 Å². The molecule has 15 heavy (non-hydrogen) atoms. The van der Waals surface area contributed by atoms with Gasteiger partial charge in [0, 0.05) is 18.2 Å². The molecule has 1 N–H and O–H groups in total. The molecule has 0 bridgehead atoms. The lowest BCUT2D eigenvalue weighted by molar-refractivity contribution is 0.573. The van der Waals surface area contributed by atoms with Crippen molar-refractivity contribution in [3.05, 3.63) is 47.8 Å². The molecule has 0 aliphatic heterocycles. The fourth-order valence-electron chi connectivity index (χ4n) is 1.11. The lowest BCUT2D eigenvalue weighted by atomic mass is 10.1. The van der Waals surface area contributed by atoms with Crippen molar-refractivity contribution < 1.29 is 4.39 Å². The molecule has 2 nitrogen and oxygen atoms in total. The van der Waals surface area contributed by atoms with Crippen LogP contribution in [0.25, 0.3) is 0 Å². The number of rotatable bonds is 4. The molecule has 3 heteroatoms. The Morgan fingerprint density at radius 2 is 2.40 bits per heavy atom. The van der Waals surface area contributed by atoms with Gasteiger partial charge in [0.25, 0.3) is 0 Å². The molecule has 0 radical (unpaired) electrons. The van der Waals surface area contributed by atoms with Crippen LogP contribution in [0.3, 0.4) is 0 Å². The quantitative estimate of drug-likeness (QED) is 0.764. The Hall–Kier alpha value is -1.66. The van der Waals surface area contributed by atoms with Gasteiger partial charge in [-0.3, -0.25) is 0 Å². The second-order valence-electron chi connectivity index (χ2n) is 3.32. The molecule has 78 valence electrons. The Morgan fingerprint density at radius 1 is 1.67 bits per heavy atom. The van der Waals surface area contributed by atoms with Gasteiger partial charge in [-0.2, -0.15) is 5.26 Å². The van der Waals surface area contributed by atoms with Gasteiger partial charge in [-0.15, -0.1) is 6.58 Å². The highest BCUT2D eigenvalue weighted by atomic mass is 19.1. The summed E-state index contributed by atoms with van der Waals surface area (Å²) in [4.78, 5) is 0. The van der Waals surface area contributed by atoms with Crippen LogP contribution in [-0.2, 0) is 6.54 Å². The molecule has 0 aliphatic rings. The van der Waals surface area contributed by atoms with Crippen LogP contribution >= 0.6 is 0 Å². The first-order valence-electron chi connectivity index (χ1n) is 4.72. The standard InChI is InChI=1S/C12H13FN2/c1-3-9(2)15-8-11-5-4-10(7-14)6-12(11)13/h3-6,9,15H,1,8H2,2H3. The highest BCUT2D eigenvalue weighted by molar-refractivity contribution is 5.32. The summed E-state index contributed by atoms with van der Waals surface area (Å²) in [6, 6.07) is 6.51. The van der Waals surface area contributed by atoms with E-state index in [1.165, 1.54) is 6.07 Å². The molecular weight excluding hydrogens is 191 g/mol. The first-order chi connectivity index (χ1) is 7.17. The normalized spacial score (nSPS) is 11.8. The maximum Gasteiger partial charge on any atom is 0.129 e. The van der Waals surface area contributed by atoms with Crippen LogP contribution in [0.5, 0.6) is 0 Å². The minimum atomic E-state index is -0.349. The van der Waals surface area contributed by atoms with Gasteiger partial charge in [-0.25, -0.2) is 4.39 Å². The number of hydrogen-bond donors (Lipinski definition) is 1. The maximum atomic E-state index is 13.4. The number of hydrogen-bond acceptors (Lipinski definition) is 2. The number of benzene rings is 1. The molecular formula is C12H13FN2. The van der Waals surface area contributed by atoms with E-state index in [0.29, 0.717) is 17.7 Å². The molecule has 1 atom stereocenters. The van der Waals surface area contributed by atoms with E-state index in [0.717, 1.165) is 0 Å². The van der Waals surface area contributed by atoms with Crippen molar-refractivity contribution >= 4 is 0 Å². The molecule has 0 amide bonds. The third-order valence-corrected chi connectivity index (χ3v) is 2.15. The zero-order chi connectivity index (χ0) is 11.3. The van der Waals surface area contributed by atoms with Gasteiger partial charge >= 0.3 is 0 Å². The minimum Gasteiger partial charge on any atom is -0.307 e. The van der Waals surface area contributed by atoms with Gasteiger partial charge < -0.3 is 5.32 Å². The zero-order valence-electron chi connectivity index (χ0n) is 8.63. The maximum absolute atomic E-state index is 13.4. The summed E-state index contributed by atoms with van der Waals surface area (Å²) in [5, 5.41) is 11.6. The molecule has 1 unspecified atom stereocenters. The van der Waals surface area contributed by atoms with Crippen LogP contribution in [0, 0.1) is 17.1 Å². The summed E-state index contributed by atoms with van der Waals surface area (Å²) in [6.07, 6.45) is 1.75. The van der Waals surface area contributed by atoms with Crippen LogP contribution in [0.2, 0.25) is 0 Å². The number of nitrogens with zero attached hydrogens (tertiary/aromatic N) is 1. The summed E-state index contributed by atoms with van der Waals surface area (Å²) < 4.78 is 13.4. The van der Waals surface area contributed by atoms with Gasteiger partial charge in [0.1, 0.15) is 5.82 Å². The van der Waals surface area contributed by atoms with Crippen molar-refractivity contribution in [1.82, 2.24) is 5.32 Å².